The van der Waals surface area contributed by atoms with Crippen LogP contribution in [-0.4, -0.2) is 38.6 Å². The van der Waals surface area contributed by atoms with Crippen molar-refractivity contribution in [2.24, 2.45) is 5.92 Å². The lowest BCUT2D eigenvalue weighted by Gasteiger charge is -2.13. The van der Waals surface area contributed by atoms with Crippen LogP contribution in [0.4, 0.5) is 0 Å². The van der Waals surface area contributed by atoms with Gasteiger partial charge in [-0.25, -0.2) is 0 Å². The van der Waals surface area contributed by atoms with Crippen molar-refractivity contribution in [3.8, 4) is 0 Å². The second-order valence-corrected chi connectivity index (χ2v) is 4.81. The van der Waals surface area contributed by atoms with Crippen LogP contribution in [0, 0.1) is 5.92 Å². The Hall–Kier alpha value is -1.10. The molecule has 18 heavy (non-hydrogen) atoms. The number of unbranched alkanes of at least 4 members (excludes halogenated alkanes) is 1. The minimum Gasteiger partial charge on any atom is -0.468 e. The maximum absolute atomic E-state index is 11.6. The van der Waals surface area contributed by atoms with Crippen LogP contribution in [0.25, 0.3) is 0 Å². The maximum Gasteiger partial charge on any atom is 0.323 e. The molecule has 0 aliphatic heterocycles. The van der Waals surface area contributed by atoms with Crippen LogP contribution in [-0.2, 0) is 14.3 Å². The summed E-state index contributed by atoms with van der Waals surface area (Å²) in [5.41, 5.74) is 0. The summed E-state index contributed by atoms with van der Waals surface area (Å²) in [6.07, 6.45) is 3.39. The van der Waals surface area contributed by atoms with Gasteiger partial charge in [0.2, 0.25) is 5.91 Å². The van der Waals surface area contributed by atoms with Crippen molar-refractivity contribution in [1.29, 1.82) is 0 Å². The fourth-order valence-electron chi connectivity index (χ4n) is 1.61. The predicted octanol–water partition coefficient (Wildman–Crippen LogP) is 1.08. The van der Waals surface area contributed by atoms with E-state index in [1.807, 2.05) is 0 Å². The highest BCUT2D eigenvalue weighted by atomic mass is 16.5. The summed E-state index contributed by atoms with van der Waals surface area (Å²) in [4.78, 5) is 22.8. The number of amides is 1. The van der Waals surface area contributed by atoms with Crippen LogP contribution in [0.1, 0.15) is 39.5 Å². The number of carbonyl (C=O) groups excluding carboxylic acids is 2. The van der Waals surface area contributed by atoms with Gasteiger partial charge in [0.15, 0.2) is 0 Å². The highest BCUT2D eigenvalue weighted by molar-refractivity contribution is 5.85. The molecule has 0 radical (unpaired) electrons. The summed E-state index contributed by atoms with van der Waals surface area (Å²) in [7, 11) is 2.95. The third-order valence-electron chi connectivity index (χ3n) is 2.75. The van der Waals surface area contributed by atoms with Crippen molar-refractivity contribution in [2.45, 2.75) is 45.6 Å². The molecule has 2 N–H and O–H groups in total. The second kappa shape index (κ2) is 9.88. The van der Waals surface area contributed by atoms with Gasteiger partial charge >= 0.3 is 5.97 Å². The number of nitrogens with one attached hydrogen (secondary N) is 2. The second-order valence-electron chi connectivity index (χ2n) is 4.81. The number of esters is 1. The molecule has 0 aromatic rings. The summed E-state index contributed by atoms with van der Waals surface area (Å²) >= 11 is 0. The molecule has 0 saturated carbocycles. The Labute approximate surface area is 110 Å². The molecule has 5 heteroatoms. The van der Waals surface area contributed by atoms with Gasteiger partial charge < -0.3 is 15.4 Å². The molecular weight excluding hydrogens is 232 g/mol. The summed E-state index contributed by atoms with van der Waals surface area (Å²) in [6, 6.07) is -0.564. The van der Waals surface area contributed by atoms with E-state index in [9.17, 15) is 9.59 Å². The van der Waals surface area contributed by atoms with Crippen LogP contribution < -0.4 is 10.6 Å². The molecule has 0 heterocycles. The van der Waals surface area contributed by atoms with Gasteiger partial charge in [-0.3, -0.25) is 9.59 Å². The van der Waals surface area contributed by atoms with Crippen LogP contribution in [0.15, 0.2) is 0 Å². The average Bonchev–Trinajstić information content (AvgIpc) is 2.34. The van der Waals surface area contributed by atoms with Crippen molar-refractivity contribution >= 4 is 11.9 Å². The molecular formula is C13H26N2O3. The third-order valence-corrected chi connectivity index (χ3v) is 2.75. The van der Waals surface area contributed by atoms with Crippen molar-refractivity contribution in [3.05, 3.63) is 0 Å². The minimum atomic E-state index is -0.564. The molecule has 0 aromatic carbocycles. The molecule has 0 saturated heterocycles. The summed E-state index contributed by atoms with van der Waals surface area (Å²) in [5.74, 6) is 0.172. The van der Waals surface area contributed by atoms with E-state index in [1.54, 1.807) is 7.05 Å². The van der Waals surface area contributed by atoms with Crippen LogP contribution in [0.2, 0.25) is 0 Å². The molecule has 0 fully saturated rings. The molecule has 1 unspecified atom stereocenters. The molecule has 5 nitrogen and oxygen atoms in total. The molecule has 1 atom stereocenters. The van der Waals surface area contributed by atoms with Crippen molar-refractivity contribution < 1.29 is 14.3 Å². The summed E-state index contributed by atoms with van der Waals surface area (Å²) in [6.45, 7) is 5.04. The highest BCUT2D eigenvalue weighted by Gasteiger charge is 2.20. The van der Waals surface area contributed by atoms with Gasteiger partial charge in [-0.1, -0.05) is 26.7 Å². The fourth-order valence-corrected chi connectivity index (χ4v) is 1.61. The lowest BCUT2D eigenvalue weighted by Crippen LogP contribution is -2.40. The molecule has 0 spiro atoms. The highest BCUT2D eigenvalue weighted by Crippen LogP contribution is 2.05. The smallest absolute Gasteiger partial charge is 0.323 e. The van der Waals surface area contributed by atoms with Crippen molar-refractivity contribution in [1.82, 2.24) is 10.6 Å². The topological polar surface area (TPSA) is 67.4 Å². The fraction of sp³-hybridized carbons (Fsp3) is 0.846. The van der Waals surface area contributed by atoms with E-state index >= 15 is 0 Å². The number of likely N-dealkylation sites (N-methyl/N-ethyl adjacent to an activating group) is 1. The van der Waals surface area contributed by atoms with E-state index in [-0.39, 0.29) is 12.3 Å². The lowest BCUT2D eigenvalue weighted by molar-refractivity contribution is -0.144. The molecule has 0 rings (SSSR count). The SMILES string of the molecule is CNC(CC(=O)NCCCCC(C)C)C(=O)OC. The normalized spacial score (nSPS) is 12.3. The third kappa shape index (κ3) is 8.06. The summed E-state index contributed by atoms with van der Waals surface area (Å²) in [5, 5.41) is 5.58. The quantitative estimate of drug-likeness (QED) is 0.480. The van der Waals surface area contributed by atoms with Crippen LogP contribution >= 0.6 is 0 Å². The number of hydrogen-bond acceptors (Lipinski definition) is 4. The van der Waals surface area contributed by atoms with E-state index < -0.39 is 12.0 Å². The molecule has 0 bridgehead atoms. The van der Waals surface area contributed by atoms with Gasteiger partial charge in [0.05, 0.1) is 13.5 Å². The first-order valence-corrected chi connectivity index (χ1v) is 6.53. The number of hydrogen-bond donors (Lipinski definition) is 2. The maximum atomic E-state index is 11.6. The Kier molecular flexibility index (Phi) is 9.28. The van der Waals surface area contributed by atoms with E-state index in [0.29, 0.717) is 12.5 Å². The van der Waals surface area contributed by atoms with Gasteiger partial charge in [0.25, 0.3) is 0 Å². The number of methoxy groups -OCH3 is 1. The Morgan fingerprint density at radius 1 is 1.22 bits per heavy atom. The zero-order valence-electron chi connectivity index (χ0n) is 11.9. The first-order chi connectivity index (χ1) is 8.51. The van der Waals surface area contributed by atoms with Gasteiger partial charge in [-0.15, -0.1) is 0 Å². The van der Waals surface area contributed by atoms with Gasteiger partial charge in [0.1, 0.15) is 6.04 Å². The molecule has 1 amide bonds. The van der Waals surface area contributed by atoms with Crippen LogP contribution in [0.5, 0.6) is 0 Å². The first-order valence-electron chi connectivity index (χ1n) is 6.53. The predicted molar refractivity (Wildman–Crippen MR) is 71.2 cm³/mol. The van der Waals surface area contributed by atoms with Crippen molar-refractivity contribution in [2.75, 3.05) is 20.7 Å². The van der Waals surface area contributed by atoms with Crippen LogP contribution in [0.3, 0.4) is 0 Å². The number of carbonyl (C=O) groups is 2. The molecule has 0 aliphatic rings. The van der Waals surface area contributed by atoms with E-state index in [4.69, 9.17) is 0 Å². The standard InChI is InChI=1S/C13H26N2O3/c1-10(2)7-5-6-8-15-12(16)9-11(14-3)13(17)18-4/h10-11,14H,5-9H2,1-4H3,(H,15,16). The van der Waals surface area contributed by atoms with E-state index in [2.05, 4.69) is 29.2 Å². The Bertz CT molecular complexity index is 255. The van der Waals surface area contributed by atoms with E-state index in [1.165, 1.54) is 13.5 Å². The first kappa shape index (κ1) is 16.9. The zero-order chi connectivity index (χ0) is 14.0. The molecule has 0 aliphatic carbocycles. The zero-order valence-corrected chi connectivity index (χ0v) is 11.9. The Morgan fingerprint density at radius 2 is 1.89 bits per heavy atom. The largest absolute Gasteiger partial charge is 0.468 e. The molecule has 106 valence electrons. The Balaban J connectivity index is 3.72. The summed E-state index contributed by atoms with van der Waals surface area (Å²) < 4.78 is 4.59. The number of rotatable bonds is 9. The molecule has 0 aromatic heterocycles. The Morgan fingerprint density at radius 3 is 2.39 bits per heavy atom. The lowest BCUT2D eigenvalue weighted by atomic mass is 10.1. The van der Waals surface area contributed by atoms with Gasteiger partial charge in [-0.2, -0.15) is 0 Å². The minimum absolute atomic E-state index is 0.118. The monoisotopic (exact) mass is 258 g/mol. The van der Waals surface area contributed by atoms with E-state index in [0.717, 1.165) is 12.8 Å². The van der Waals surface area contributed by atoms with Gasteiger partial charge in [-0.05, 0) is 19.4 Å². The number of ether oxygens (including phenoxy) is 1. The van der Waals surface area contributed by atoms with Gasteiger partial charge in [0, 0.05) is 6.54 Å². The van der Waals surface area contributed by atoms with Crippen molar-refractivity contribution in [3.63, 3.8) is 0 Å². The average molecular weight is 258 g/mol.